The summed E-state index contributed by atoms with van der Waals surface area (Å²) in [6, 6.07) is 11.9. The van der Waals surface area contributed by atoms with Crippen molar-refractivity contribution in [2.45, 2.75) is 6.04 Å². The van der Waals surface area contributed by atoms with E-state index in [2.05, 4.69) is 16.3 Å². The number of piperazine rings is 1. The van der Waals surface area contributed by atoms with Gasteiger partial charge in [0, 0.05) is 31.6 Å². The summed E-state index contributed by atoms with van der Waals surface area (Å²) < 4.78 is 19.2. The van der Waals surface area contributed by atoms with Crippen molar-refractivity contribution in [3.63, 3.8) is 0 Å². The van der Waals surface area contributed by atoms with Gasteiger partial charge in [-0.15, -0.1) is 0 Å². The molecule has 1 heterocycles. The zero-order chi connectivity index (χ0) is 14.7. The molecule has 1 aliphatic rings. The van der Waals surface area contributed by atoms with E-state index in [4.69, 9.17) is 4.74 Å². The molecule has 0 spiro atoms. The van der Waals surface area contributed by atoms with Crippen LogP contribution in [0.3, 0.4) is 0 Å². The van der Waals surface area contributed by atoms with Gasteiger partial charge in [-0.3, -0.25) is 4.90 Å². The van der Waals surface area contributed by atoms with Gasteiger partial charge in [0.1, 0.15) is 12.4 Å². The minimum absolute atomic E-state index is 0.178. The molecule has 3 nitrogen and oxygen atoms in total. The van der Waals surface area contributed by atoms with Gasteiger partial charge in [0.15, 0.2) is 0 Å². The van der Waals surface area contributed by atoms with Crippen LogP contribution in [0.15, 0.2) is 36.4 Å². The highest BCUT2D eigenvalue weighted by Crippen LogP contribution is 2.34. The highest BCUT2D eigenvalue weighted by Gasteiger charge is 2.24. The van der Waals surface area contributed by atoms with Gasteiger partial charge < -0.3 is 10.1 Å². The Kier molecular flexibility index (Phi) is 4.36. The Balaban J connectivity index is 2.05. The minimum Gasteiger partial charge on any atom is -0.496 e. The van der Waals surface area contributed by atoms with Crippen LogP contribution in [0.25, 0.3) is 10.8 Å². The Bertz CT molecular complexity index is 611. The zero-order valence-corrected chi connectivity index (χ0v) is 12.3. The Hall–Kier alpha value is -1.65. The van der Waals surface area contributed by atoms with Crippen LogP contribution in [0.4, 0.5) is 4.39 Å². The molecule has 1 aliphatic heterocycles. The summed E-state index contributed by atoms with van der Waals surface area (Å²) in [7, 11) is 1.67. The first-order chi connectivity index (χ1) is 10.3. The number of alkyl halides is 1. The normalized spacial score (nSPS) is 17.8. The van der Waals surface area contributed by atoms with Gasteiger partial charge in [-0.1, -0.05) is 30.3 Å². The molecule has 0 amide bonds. The summed E-state index contributed by atoms with van der Waals surface area (Å²) in [5.74, 6) is 0.840. The molecule has 2 aromatic rings. The first kappa shape index (κ1) is 14.3. The molecule has 1 fully saturated rings. The summed E-state index contributed by atoms with van der Waals surface area (Å²) in [5.41, 5.74) is 1.05. The van der Waals surface area contributed by atoms with Crippen molar-refractivity contribution < 1.29 is 9.13 Å². The van der Waals surface area contributed by atoms with Crippen LogP contribution in [0.1, 0.15) is 11.6 Å². The van der Waals surface area contributed by atoms with Gasteiger partial charge in [0.2, 0.25) is 0 Å². The third kappa shape index (κ3) is 2.74. The molecular weight excluding hydrogens is 267 g/mol. The smallest absolute Gasteiger partial charge is 0.126 e. The predicted molar refractivity (Wildman–Crippen MR) is 83.7 cm³/mol. The summed E-state index contributed by atoms with van der Waals surface area (Å²) in [4.78, 5) is 2.23. The van der Waals surface area contributed by atoms with E-state index < -0.39 is 0 Å². The van der Waals surface area contributed by atoms with Crippen LogP contribution in [0.2, 0.25) is 0 Å². The fourth-order valence-electron chi connectivity index (χ4n) is 3.13. The number of rotatable bonds is 4. The summed E-state index contributed by atoms with van der Waals surface area (Å²) in [5, 5.41) is 5.45. The lowest BCUT2D eigenvalue weighted by atomic mass is 9.97. The number of halogens is 1. The molecule has 21 heavy (non-hydrogen) atoms. The second-order valence-corrected chi connectivity index (χ2v) is 5.36. The highest BCUT2D eigenvalue weighted by atomic mass is 19.1. The zero-order valence-electron chi connectivity index (χ0n) is 12.3. The number of nitrogens with one attached hydrogen (secondary N) is 1. The van der Waals surface area contributed by atoms with Crippen molar-refractivity contribution in [3.8, 4) is 5.75 Å². The summed E-state index contributed by atoms with van der Waals surface area (Å²) in [6.45, 7) is 3.25. The van der Waals surface area contributed by atoms with E-state index in [0.29, 0.717) is 0 Å². The maximum atomic E-state index is 13.7. The quantitative estimate of drug-likeness (QED) is 0.936. The summed E-state index contributed by atoms with van der Waals surface area (Å²) in [6.07, 6.45) is 0. The topological polar surface area (TPSA) is 24.5 Å². The number of hydrogen-bond acceptors (Lipinski definition) is 3. The van der Waals surface area contributed by atoms with Gasteiger partial charge in [-0.05, 0) is 17.0 Å². The van der Waals surface area contributed by atoms with Gasteiger partial charge in [0.05, 0.1) is 13.2 Å². The second-order valence-electron chi connectivity index (χ2n) is 5.36. The monoisotopic (exact) mass is 288 g/mol. The third-order valence-corrected chi connectivity index (χ3v) is 4.24. The van der Waals surface area contributed by atoms with Crippen molar-refractivity contribution in [1.82, 2.24) is 10.2 Å². The predicted octanol–water partition coefficient (Wildman–Crippen LogP) is 2.76. The molecule has 1 N–H and O–H groups in total. The molecule has 0 aromatic heterocycles. The average molecular weight is 288 g/mol. The van der Waals surface area contributed by atoms with Crippen LogP contribution < -0.4 is 10.1 Å². The number of ether oxygens (including phenoxy) is 1. The first-order valence-electron chi connectivity index (χ1n) is 7.41. The van der Waals surface area contributed by atoms with E-state index in [-0.39, 0.29) is 12.7 Å². The molecule has 3 rings (SSSR count). The molecule has 2 aromatic carbocycles. The fourth-order valence-corrected chi connectivity index (χ4v) is 3.13. The van der Waals surface area contributed by atoms with E-state index in [0.717, 1.165) is 48.3 Å². The summed E-state index contributed by atoms with van der Waals surface area (Å²) >= 11 is 0. The van der Waals surface area contributed by atoms with Crippen molar-refractivity contribution in [1.29, 1.82) is 0 Å². The van der Waals surface area contributed by atoms with Gasteiger partial charge in [-0.2, -0.15) is 0 Å². The number of benzene rings is 2. The van der Waals surface area contributed by atoms with Gasteiger partial charge in [-0.25, -0.2) is 4.39 Å². The van der Waals surface area contributed by atoms with E-state index in [9.17, 15) is 4.39 Å². The SMILES string of the molecule is COc1ccc([C@@H](CF)N2CCNCC2)c2ccccc12. The third-order valence-electron chi connectivity index (χ3n) is 4.24. The second kappa shape index (κ2) is 6.41. The number of fused-ring (bicyclic) bond motifs is 1. The molecule has 4 heteroatoms. The van der Waals surface area contributed by atoms with Crippen LogP contribution in [0, 0.1) is 0 Å². The van der Waals surface area contributed by atoms with Crippen LogP contribution in [-0.4, -0.2) is 44.9 Å². The van der Waals surface area contributed by atoms with Crippen LogP contribution in [-0.2, 0) is 0 Å². The Labute approximate surface area is 124 Å². The minimum atomic E-state index is -0.365. The maximum Gasteiger partial charge on any atom is 0.126 e. The fraction of sp³-hybridized carbons (Fsp3) is 0.412. The molecule has 1 saturated heterocycles. The van der Waals surface area contributed by atoms with Crippen LogP contribution >= 0.6 is 0 Å². The lowest BCUT2D eigenvalue weighted by Crippen LogP contribution is -2.45. The molecule has 0 bridgehead atoms. The van der Waals surface area contributed by atoms with Crippen molar-refractivity contribution >= 4 is 10.8 Å². The highest BCUT2D eigenvalue weighted by molar-refractivity contribution is 5.91. The Morgan fingerprint density at radius 3 is 2.52 bits per heavy atom. The Morgan fingerprint density at radius 1 is 1.14 bits per heavy atom. The maximum absolute atomic E-state index is 13.7. The van der Waals surface area contributed by atoms with E-state index in [1.807, 2.05) is 30.3 Å². The molecule has 0 aliphatic carbocycles. The van der Waals surface area contributed by atoms with E-state index >= 15 is 0 Å². The van der Waals surface area contributed by atoms with Crippen molar-refractivity contribution in [3.05, 3.63) is 42.0 Å². The van der Waals surface area contributed by atoms with E-state index in [1.54, 1.807) is 7.11 Å². The number of hydrogen-bond donors (Lipinski definition) is 1. The Morgan fingerprint density at radius 2 is 1.86 bits per heavy atom. The standard InChI is InChI=1S/C17H21FN2O/c1-21-17-7-6-14(13-4-2-3-5-15(13)17)16(12-18)20-10-8-19-9-11-20/h2-7,16,19H,8-12H2,1H3/t16-/m1/s1. The molecule has 0 saturated carbocycles. The molecule has 1 atom stereocenters. The lowest BCUT2D eigenvalue weighted by Gasteiger charge is -2.34. The molecule has 0 radical (unpaired) electrons. The van der Waals surface area contributed by atoms with Gasteiger partial charge >= 0.3 is 0 Å². The molecule has 0 unspecified atom stereocenters. The largest absolute Gasteiger partial charge is 0.496 e. The molecule has 112 valence electrons. The van der Waals surface area contributed by atoms with Crippen molar-refractivity contribution in [2.75, 3.05) is 40.0 Å². The van der Waals surface area contributed by atoms with Crippen molar-refractivity contribution in [2.24, 2.45) is 0 Å². The first-order valence-corrected chi connectivity index (χ1v) is 7.41. The number of methoxy groups -OCH3 is 1. The number of nitrogens with zero attached hydrogens (tertiary/aromatic N) is 1. The molecular formula is C17H21FN2O. The van der Waals surface area contributed by atoms with Gasteiger partial charge in [0.25, 0.3) is 0 Å². The van der Waals surface area contributed by atoms with Crippen LogP contribution in [0.5, 0.6) is 5.75 Å². The average Bonchev–Trinajstić information content (AvgIpc) is 2.56. The van der Waals surface area contributed by atoms with E-state index in [1.165, 1.54) is 0 Å². The lowest BCUT2D eigenvalue weighted by molar-refractivity contribution is 0.148.